The van der Waals surface area contributed by atoms with Gasteiger partial charge in [-0.3, -0.25) is 9.69 Å². The third-order valence-electron chi connectivity index (χ3n) is 6.32. The van der Waals surface area contributed by atoms with Crippen LogP contribution in [-0.4, -0.2) is 45.9 Å². The van der Waals surface area contributed by atoms with E-state index in [-0.39, 0.29) is 11.3 Å². The normalized spacial score (nSPS) is 27.8. The van der Waals surface area contributed by atoms with E-state index < -0.39 is 0 Å². The fourth-order valence-corrected chi connectivity index (χ4v) is 5.00. The van der Waals surface area contributed by atoms with E-state index in [9.17, 15) is 4.79 Å². The summed E-state index contributed by atoms with van der Waals surface area (Å²) >= 11 is 0. The van der Waals surface area contributed by atoms with Crippen molar-refractivity contribution in [3.05, 3.63) is 17.2 Å². The summed E-state index contributed by atoms with van der Waals surface area (Å²) in [5.41, 5.74) is 1.73. The summed E-state index contributed by atoms with van der Waals surface area (Å²) in [6, 6.07) is 1.36. The molecule has 2 N–H and O–H groups in total. The van der Waals surface area contributed by atoms with Crippen LogP contribution in [0.4, 0.5) is 0 Å². The Hall–Kier alpha value is -1.36. The lowest BCUT2D eigenvalue weighted by Crippen LogP contribution is -2.46. The molecule has 25 heavy (non-hydrogen) atoms. The van der Waals surface area contributed by atoms with Gasteiger partial charge in [-0.2, -0.15) is 0 Å². The number of nitrogens with zero attached hydrogens (tertiary/aromatic N) is 2. The second-order valence-corrected chi connectivity index (χ2v) is 9.06. The van der Waals surface area contributed by atoms with Gasteiger partial charge in [0.15, 0.2) is 0 Å². The molecular formula is C20H32N4O. The summed E-state index contributed by atoms with van der Waals surface area (Å²) in [4.78, 5) is 23.4. The fourth-order valence-electron chi connectivity index (χ4n) is 5.00. The minimum atomic E-state index is -0.0145. The Morgan fingerprint density at radius 1 is 1.16 bits per heavy atom. The Morgan fingerprint density at radius 3 is 2.72 bits per heavy atom. The highest BCUT2D eigenvalue weighted by atomic mass is 16.1. The zero-order chi connectivity index (χ0) is 17.4. The molecule has 0 spiro atoms. The summed E-state index contributed by atoms with van der Waals surface area (Å²) in [6.07, 6.45) is 11.3. The summed E-state index contributed by atoms with van der Waals surface area (Å²) in [6.45, 7) is 6.35. The van der Waals surface area contributed by atoms with Gasteiger partial charge in [0.1, 0.15) is 11.5 Å². The van der Waals surface area contributed by atoms with E-state index in [0.717, 1.165) is 30.4 Å². The summed E-state index contributed by atoms with van der Waals surface area (Å²) in [7, 11) is 0. The number of aromatic amines is 1. The first-order chi connectivity index (χ1) is 12.0. The Kier molecular flexibility index (Phi) is 4.61. The minimum absolute atomic E-state index is 0.0145. The number of carbonyl (C=O) groups excluding carboxylic acids is 1. The van der Waals surface area contributed by atoms with Crippen molar-refractivity contribution >= 4 is 5.91 Å². The first-order valence-corrected chi connectivity index (χ1v) is 10.1. The van der Waals surface area contributed by atoms with Gasteiger partial charge >= 0.3 is 0 Å². The van der Waals surface area contributed by atoms with Gasteiger partial charge < -0.3 is 10.3 Å². The van der Waals surface area contributed by atoms with E-state index in [2.05, 4.69) is 29.0 Å². The van der Waals surface area contributed by atoms with Gasteiger partial charge in [0, 0.05) is 30.7 Å². The first kappa shape index (κ1) is 17.1. The molecule has 1 saturated heterocycles. The number of likely N-dealkylation sites (tertiary alicyclic amines) is 1. The zero-order valence-corrected chi connectivity index (χ0v) is 15.7. The molecule has 138 valence electrons. The molecule has 3 aliphatic rings. The number of piperidine rings is 1. The molecule has 2 aliphatic heterocycles. The van der Waals surface area contributed by atoms with Gasteiger partial charge in [0.25, 0.3) is 5.91 Å². The second-order valence-electron chi connectivity index (χ2n) is 9.06. The zero-order valence-electron chi connectivity index (χ0n) is 15.7. The molecule has 0 unspecified atom stereocenters. The molecule has 1 saturated carbocycles. The van der Waals surface area contributed by atoms with Crippen molar-refractivity contribution in [2.75, 3.05) is 13.1 Å². The quantitative estimate of drug-likeness (QED) is 0.886. The molecule has 0 radical (unpaired) electrons. The third-order valence-corrected chi connectivity index (χ3v) is 6.32. The topological polar surface area (TPSA) is 61.0 Å². The molecule has 5 nitrogen and oxygen atoms in total. The monoisotopic (exact) mass is 344 g/mol. The van der Waals surface area contributed by atoms with Gasteiger partial charge in [-0.05, 0) is 44.1 Å². The number of hydrogen-bond donors (Lipinski definition) is 2. The molecule has 0 aromatic carbocycles. The van der Waals surface area contributed by atoms with Crippen LogP contribution < -0.4 is 5.32 Å². The van der Waals surface area contributed by atoms with Gasteiger partial charge in [0.2, 0.25) is 0 Å². The number of amides is 1. The summed E-state index contributed by atoms with van der Waals surface area (Å²) in [5.74, 6) is 0.993. The van der Waals surface area contributed by atoms with Crippen LogP contribution in [0.2, 0.25) is 0 Å². The third kappa shape index (κ3) is 3.62. The number of carbonyl (C=O) groups is 1. The lowest BCUT2D eigenvalue weighted by molar-refractivity contribution is 0.0933. The van der Waals surface area contributed by atoms with Gasteiger partial charge in [-0.15, -0.1) is 0 Å². The maximum atomic E-state index is 12.4. The first-order valence-electron chi connectivity index (χ1n) is 10.1. The number of H-pyrrole nitrogens is 1. The molecule has 3 heterocycles. The SMILES string of the molecule is CC1(C)CNC(=O)c2nc(C[C@@H]3CCCCN3C3CCCC3)[nH]c2C1. The lowest BCUT2D eigenvalue weighted by Gasteiger charge is -2.39. The summed E-state index contributed by atoms with van der Waals surface area (Å²) < 4.78 is 0. The van der Waals surface area contributed by atoms with Crippen LogP contribution in [0.25, 0.3) is 0 Å². The minimum Gasteiger partial charge on any atom is -0.350 e. The average Bonchev–Trinajstić information content (AvgIpc) is 3.21. The van der Waals surface area contributed by atoms with Crippen LogP contribution >= 0.6 is 0 Å². The standard InChI is InChI=1S/C20H32N4O/c1-20(2)12-16-18(19(25)21-13-20)23-17(22-16)11-15-9-5-6-10-24(15)14-7-3-4-8-14/h14-15H,3-13H2,1-2H3,(H,21,25)(H,22,23)/t15-/m0/s1. The van der Waals surface area contributed by atoms with E-state index in [4.69, 9.17) is 4.98 Å². The molecular weight excluding hydrogens is 312 g/mol. The molecule has 0 bridgehead atoms. The molecule has 4 rings (SSSR count). The van der Waals surface area contributed by atoms with Crippen molar-refractivity contribution in [3.8, 4) is 0 Å². The van der Waals surface area contributed by atoms with Crippen molar-refractivity contribution < 1.29 is 4.79 Å². The van der Waals surface area contributed by atoms with Crippen molar-refractivity contribution in [3.63, 3.8) is 0 Å². The fraction of sp³-hybridized carbons (Fsp3) is 0.800. The molecule has 1 atom stereocenters. The smallest absolute Gasteiger partial charge is 0.271 e. The maximum absolute atomic E-state index is 12.4. The van der Waals surface area contributed by atoms with E-state index in [1.807, 2.05) is 0 Å². The van der Waals surface area contributed by atoms with E-state index in [0.29, 0.717) is 18.3 Å². The van der Waals surface area contributed by atoms with Crippen LogP contribution in [0.15, 0.2) is 0 Å². The molecule has 1 aromatic rings. The van der Waals surface area contributed by atoms with Crippen LogP contribution in [0, 0.1) is 5.41 Å². The van der Waals surface area contributed by atoms with E-state index in [1.54, 1.807) is 0 Å². The number of nitrogens with one attached hydrogen (secondary N) is 2. The van der Waals surface area contributed by atoms with Crippen molar-refractivity contribution in [2.45, 2.75) is 83.7 Å². The Labute approximate surface area is 151 Å². The largest absolute Gasteiger partial charge is 0.350 e. The predicted molar refractivity (Wildman–Crippen MR) is 98.7 cm³/mol. The molecule has 1 aliphatic carbocycles. The number of aromatic nitrogens is 2. The Morgan fingerprint density at radius 2 is 1.92 bits per heavy atom. The second kappa shape index (κ2) is 6.75. The Bertz CT molecular complexity index is 630. The van der Waals surface area contributed by atoms with Crippen molar-refractivity contribution in [2.24, 2.45) is 5.41 Å². The van der Waals surface area contributed by atoms with Crippen molar-refractivity contribution in [1.82, 2.24) is 20.2 Å². The van der Waals surface area contributed by atoms with Gasteiger partial charge in [0.05, 0.1) is 0 Å². The Balaban J connectivity index is 1.52. The average molecular weight is 345 g/mol. The van der Waals surface area contributed by atoms with Crippen molar-refractivity contribution in [1.29, 1.82) is 0 Å². The number of fused-ring (bicyclic) bond motifs is 1. The number of imidazole rings is 1. The molecule has 2 fully saturated rings. The predicted octanol–water partition coefficient (Wildman–Crippen LogP) is 3.06. The van der Waals surface area contributed by atoms with Crippen LogP contribution in [0.5, 0.6) is 0 Å². The van der Waals surface area contributed by atoms with Crippen LogP contribution in [0.3, 0.4) is 0 Å². The highest BCUT2D eigenvalue weighted by Crippen LogP contribution is 2.31. The highest BCUT2D eigenvalue weighted by molar-refractivity contribution is 5.93. The highest BCUT2D eigenvalue weighted by Gasteiger charge is 2.33. The van der Waals surface area contributed by atoms with E-state index in [1.165, 1.54) is 51.5 Å². The molecule has 1 amide bonds. The lowest BCUT2D eigenvalue weighted by atomic mass is 9.88. The number of rotatable bonds is 3. The molecule has 1 aromatic heterocycles. The van der Waals surface area contributed by atoms with Crippen LogP contribution in [0.1, 0.15) is 80.8 Å². The number of hydrogen-bond acceptors (Lipinski definition) is 3. The summed E-state index contributed by atoms with van der Waals surface area (Å²) in [5, 5.41) is 3.03. The van der Waals surface area contributed by atoms with Gasteiger partial charge in [-0.25, -0.2) is 4.98 Å². The van der Waals surface area contributed by atoms with Gasteiger partial charge in [-0.1, -0.05) is 33.1 Å². The van der Waals surface area contributed by atoms with Crippen LogP contribution in [-0.2, 0) is 12.8 Å². The molecule has 5 heteroatoms. The maximum Gasteiger partial charge on any atom is 0.271 e. The van der Waals surface area contributed by atoms with E-state index >= 15 is 0 Å².